The van der Waals surface area contributed by atoms with Crippen molar-refractivity contribution in [1.82, 2.24) is 19.8 Å². The van der Waals surface area contributed by atoms with E-state index in [0.717, 1.165) is 13.1 Å². The van der Waals surface area contributed by atoms with E-state index in [9.17, 15) is 18.3 Å². The Balaban J connectivity index is 1.68. The molecule has 0 spiro atoms. The van der Waals surface area contributed by atoms with Gasteiger partial charge in [0, 0.05) is 65.1 Å². The number of rotatable bonds is 6. The van der Waals surface area contributed by atoms with E-state index < -0.39 is 24.0 Å². The van der Waals surface area contributed by atoms with Gasteiger partial charge in [0.05, 0.1) is 5.00 Å². The number of piperazine rings is 1. The van der Waals surface area contributed by atoms with Gasteiger partial charge in [0.1, 0.15) is 5.82 Å². The van der Waals surface area contributed by atoms with Crippen molar-refractivity contribution < 1.29 is 18.3 Å². The largest absolute Gasteiger partial charge is 0.424 e. The van der Waals surface area contributed by atoms with E-state index in [-0.39, 0.29) is 6.54 Å². The molecule has 1 atom stereocenters. The molecule has 1 unspecified atom stereocenters. The lowest BCUT2D eigenvalue weighted by molar-refractivity contribution is -0.272. The van der Waals surface area contributed by atoms with E-state index in [0.29, 0.717) is 25.6 Å². The lowest BCUT2D eigenvalue weighted by atomic mass is 9.98. The van der Waals surface area contributed by atoms with Gasteiger partial charge >= 0.3 is 6.18 Å². The third-order valence-corrected chi connectivity index (χ3v) is 6.06. The van der Waals surface area contributed by atoms with Crippen LogP contribution in [0.4, 0.5) is 18.2 Å². The Morgan fingerprint density at radius 3 is 2.57 bits per heavy atom. The highest BCUT2D eigenvalue weighted by Gasteiger charge is 2.57. The number of hydrogen-bond donors (Lipinski definition) is 2. The molecule has 1 saturated heterocycles. The minimum Gasteiger partial charge on any atom is -0.374 e. The Bertz CT molecular complexity index is 830. The fourth-order valence-electron chi connectivity index (χ4n) is 3.48. The van der Waals surface area contributed by atoms with Gasteiger partial charge in [-0.25, -0.2) is 4.98 Å². The van der Waals surface area contributed by atoms with E-state index >= 15 is 0 Å². The molecule has 0 radical (unpaired) electrons. The molecule has 3 rings (SSSR count). The van der Waals surface area contributed by atoms with Crippen molar-refractivity contribution in [3.8, 4) is 0 Å². The number of anilines is 1. The van der Waals surface area contributed by atoms with Gasteiger partial charge in [-0.3, -0.25) is 4.99 Å². The molecule has 1 aliphatic heterocycles. The summed E-state index contributed by atoms with van der Waals surface area (Å²) in [7, 11) is 1.43. The quantitative estimate of drug-likeness (QED) is 0.529. The molecule has 0 saturated carbocycles. The molecular formula is C19H27F3N6OS. The number of nitrogens with zero attached hydrogens (tertiary/aromatic N) is 5. The zero-order valence-corrected chi connectivity index (χ0v) is 17.9. The number of guanidine groups is 1. The van der Waals surface area contributed by atoms with Gasteiger partial charge in [0.25, 0.3) is 0 Å². The molecule has 11 heteroatoms. The third-order valence-electron chi connectivity index (χ3n) is 5.13. The van der Waals surface area contributed by atoms with Crippen molar-refractivity contribution in [3.05, 3.63) is 35.7 Å². The number of imidazole rings is 1. The van der Waals surface area contributed by atoms with Gasteiger partial charge < -0.3 is 24.8 Å². The summed E-state index contributed by atoms with van der Waals surface area (Å²) in [4.78, 5) is 12.4. The van der Waals surface area contributed by atoms with Crippen LogP contribution in [0.2, 0.25) is 0 Å². The number of alkyl halides is 3. The maximum atomic E-state index is 13.7. The summed E-state index contributed by atoms with van der Waals surface area (Å²) in [5, 5.41) is 16.9. The molecule has 7 nitrogen and oxygen atoms in total. The Hall–Kier alpha value is -2.27. The maximum Gasteiger partial charge on any atom is 0.424 e. The first-order chi connectivity index (χ1) is 14.3. The van der Waals surface area contributed by atoms with Crippen LogP contribution in [0, 0.1) is 0 Å². The van der Waals surface area contributed by atoms with E-state index in [2.05, 4.69) is 26.3 Å². The zero-order chi connectivity index (χ0) is 21.8. The molecule has 1 aliphatic rings. The normalized spacial score (nSPS) is 17.9. The van der Waals surface area contributed by atoms with Gasteiger partial charge in [-0.2, -0.15) is 13.2 Å². The molecule has 0 amide bonds. The van der Waals surface area contributed by atoms with Crippen molar-refractivity contribution in [1.29, 1.82) is 0 Å². The fraction of sp³-hybridized carbons (Fsp3) is 0.579. The summed E-state index contributed by atoms with van der Waals surface area (Å²) in [6.45, 7) is 5.38. The highest BCUT2D eigenvalue weighted by molar-refractivity contribution is 7.14. The standard InChI is InChI=1S/C19H27F3N6OS/c1-3-23-17(28-12-10-27(11-13-28)15-5-4-14-30-15)25-7-6-18(29,19(20,21)22)16-24-8-9-26(16)2/h4-5,8-9,14,29H,3,6-7,10-13H2,1-2H3,(H,23,25). The molecule has 166 valence electrons. The molecule has 2 aromatic rings. The SMILES string of the molecule is CCNC(=NCCC(O)(c1nccn1C)C(F)(F)F)N1CCN(c2cccs2)CC1. The predicted molar refractivity (Wildman–Crippen MR) is 112 cm³/mol. The number of hydrogen-bond acceptors (Lipinski definition) is 5. The lowest BCUT2D eigenvalue weighted by Gasteiger charge is -2.37. The first kappa shape index (κ1) is 22.4. The Kier molecular flexibility index (Phi) is 6.91. The Morgan fingerprint density at radius 1 is 1.30 bits per heavy atom. The first-order valence-electron chi connectivity index (χ1n) is 9.85. The number of halogens is 3. The maximum absolute atomic E-state index is 13.7. The smallest absolute Gasteiger partial charge is 0.374 e. The first-order valence-corrected chi connectivity index (χ1v) is 10.7. The highest BCUT2D eigenvalue weighted by Crippen LogP contribution is 2.40. The molecule has 2 aromatic heterocycles. The summed E-state index contributed by atoms with van der Waals surface area (Å²) in [5.41, 5.74) is -3.05. The monoisotopic (exact) mass is 444 g/mol. The molecule has 0 aromatic carbocycles. The van der Waals surface area contributed by atoms with Crippen LogP contribution < -0.4 is 10.2 Å². The number of nitrogens with one attached hydrogen (secondary N) is 1. The fourth-order valence-corrected chi connectivity index (χ4v) is 4.27. The molecule has 2 N–H and O–H groups in total. The third kappa shape index (κ3) is 4.72. The second-order valence-electron chi connectivity index (χ2n) is 7.13. The van der Waals surface area contributed by atoms with Crippen molar-refractivity contribution >= 4 is 22.3 Å². The van der Waals surface area contributed by atoms with E-state index in [1.165, 1.54) is 29.0 Å². The highest BCUT2D eigenvalue weighted by atomic mass is 32.1. The number of aliphatic imine (C=N–C) groups is 1. The van der Waals surface area contributed by atoms with Crippen LogP contribution in [0.25, 0.3) is 0 Å². The van der Waals surface area contributed by atoms with Crippen LogP contribution in [-0.4, -0.2) is 71.0 Å². The van der Waals surface area contributed by atoms with Crippen LogP contribution in [0.3, 0.4) is 0 Å². The summed E-state index contributed by atoms with van der Waals surface area (Å²) < 4.78 is 42.2. The molecule has 0 aliphatic carbocycles. The second kappa shape index (κ2) is 9.25. The van der Waals surface area contributed by atoms with Crippen molar-refractivity contribution in [2.24, 2.45) is 12.0 Å². The summed E-state index contributed by atoms with van der Waals surface area (Å²) >= 11 is 1.69. The molecule has 30 heavy (non-hydrogen) atoms. The average Bonchev–Trinajstić information content (AvgIpc) is 3.38. The van der Waals surface area contributed by atoms with Crippen molar-refractivity contribution in [2.45, 2.75) is 25.1 Å². The van der Waals surface area contributed by atoms with Crippen LogP contribution >= 0.6 is 11.3 Å². The van der Waals surface area contributed by atoms with Crippen molar-refractivity contribution in [2.75, 3.05) is 44.2 Å². The zero-order valence-electron chi connectivity index (χ0n) is 17.1. The van der Waals surface area contributed by atoms with Gasteiger partial charge in [-0.05, 0) is 24.4 Å². The van der Waals surface area contributed by atoms with Crippen LogP contribution in [-0.2, 0) is 12.6 Å². The minimum absolute atomic E-state index is 0.184. The topological polar surface area (TPSA) is 68.9 Å². The molecule has 3 heterocycles. The van der Waals surface area contributed by atoms with Gasteiger partial charge in [-0.15, -0.1) is 11.3 Å². The number of aliphatic hydroxyl groups is 1. The van der Waals surface area contributed by atoms with E-state index in [1.54, 1.807) is 11.3 Å². The van der Waals surface area contributed by atoms with E-state index in [4.69, 9.17) is 0 Å². The molecular weight excluding hydrogens is 417 g/mol. The summed E-state index contributed by atoms with van der Waals surface area (Å²) in [6, 6.07) is 4.09. The van der Waals surface area contributed by atoms with Crippen LogP contribution in [0.15, 0.2) is 34.9 Å². The Morgan fingerprint density at radius 2 is 2.03 bits per heavy atom. The average molecular weight is 445 g/mol. The number of thiophene rings is 1. The summed E-state index contributed by atoms with van der Waals surface area (Å²) in [5.74, 6) is 0.132. The van der Waals surface area contributed by atoms with Gasteiger partial charge in [0.15, 0.2) is 5.96 Å². The van der Waals surface area contributed by atoms with Crippen LogP contribution in [0.5, 0.6) is 0 Å². The second-order valence-corrected chi connectivity index (χ2v) is 8.06. The van der Waals surface area contributed by atoms with E-state index in [1.807, 2.05) is 23.3 Å². The molecule has 0 bridgehead atoms. The Labute approximate surface area is 177 Å². The number of aryl methyl sites for hydroxylation is 1. The van der Waals surface area contributed by atoms with Gasteiger partial charge in [-0.1, -0.05) is 0 Å². The van der Waals surface area contributed by atoms with Crippen LogP contribution in [0.1, 0.15) is 19.2 Å². The lowest BCUT2D eigenvalue weighted by Crippen LogP contribution is -2.52. The molecule has 1 fully saturated rings. The minimum atomic E-state index is -4.85. The number of aromatic nitrogens is 2. The summed E-state index contributed by atoms with van der Waals surface area (Å²) in [6.07, 6.45) is -2.84. The predicted octanol–water partition coefficient (Wildman–Crippen LogP) is 2.41. The van der Waals surface area contributed by atoms with Gasteiger partial charge in [0.2, 0.25) is 5.60 Å². The van der Waals surface area contributed by atoms with Crippen molar-refractivity contribution in [3.63, 3.8) is 0 Å².